The number of nitrogens with one attached hydrogen (secondary N) is 1. The SMILES string of the molecule is Cc1cccc(NS(=O)(=O)c2cccc(C(=O)N(C)C(C)(C)C(=O)O)c2)c1. The lowest BCUT2D eigenvalue weighted by molar-refractivity contribution is -0.147. The molecule has 0 aliphatic heterocycles. The van der Waals surface area contributed by atoms with Gasteiger partial charge in [0.1, 0.15) is 5.54 Å². The lowest BCUT2D eigenvalue weighted by Crippen LogP contribution is -2.50. The number of anilines is 1. The van der Waals surface area contributed by atoms with E-state index in [1.807, 2.05) is 13.0 Å². The summed E-state index contributed by atoms with van der Waals surface area (Å²) >= 11 is 0. The maximum Gasteiger partial charge on any atom is 0.329 e. The van der Waals surface area contributed by atoms with Crippen LogP contribution in [0.4, 0.5) is 5.69 Å². The van der Waals surface area contributed by atoms with Gasteiger partial charge in [0.2, 0.25) is 0 Å². The van der Waals surface area contributed by atoms with E-state index in [0.29, 0.717) is 5.69 Å². The molecule has 0 heterocycles. The number of aryl methyl sites for hydroxylation is 1. The third kappa shape index (κ3) is 4.46. The minimum atomic E-state index is -3.90. The number of carbonyl (C=O) groups is 2. The molecule has 2 aromatic rings. The summed E-state index contributed by atoms with van der Waals surface area (Å²) in [4.78, 5) is 25.0. The summed E-state index contributed by atoms with van der Waals surface area (Å²) in [6.07, 6.45) is 0. The van der Waals surface area contributed by atoms with Crippen LogP contribution in [0.3, 0.4) is 0 Å². The smallest absolute Gasteiger partial charge is 0.329 e. The lowest BCUT2D eigenvalue weighted by atomic mass is 10.0. The third-order valence-electron chi connectivity index (χ3n) is 4.33. The molecule has 0 saturated carbocycles. The van der Waals surface area contributed by atoms with E-state index in [0.717, 1.165) is 10.5 Å². The molecule has 0 spiro atoms. The standard InChI is InChI=1S/C19H22N2O5S/c1-13-7-5-9-15(11-13)20-27(25,26)16-10-6-8-14(12-16)17(22)21(4)19(2,3)18(23)24/h5-12,20H,1-4H3,(H,23,24). The van der Waals surface area contributed by atoms with Gasteiger partial charge in [-0.3, -0.25) is 9.52 Å². The predicted molar refractivity (Wildman–Crippen MR) is 102 cm³/mol. The van der Waals surface area contributed by atoms with Gasteiger partial charge in [-0.05, 0) is 56.7 Å². The molecule has 144 valence electrons. The summed E-state index contributed by atoms with van der Waals surface area (Å²) < 4.78 is 27.7. The van der Waals surface area contributed by atoms with E-state index in [1.165, 1.54) is 45.2 Å². The molecule has 27 heavy (non-hydrogen) atoms. The number of sulfonamides is 1. The van der Waals surface area contributed by atoms with E-state index in [9.17, 15) is 23.1 Å². The first kappa shape index (κ1) is 20.4. The van der Waals surface area contributed by atoms with Crippen molar-refractivity contribution in [3.05, 3.63) is 59.7 Å². The molecule has 0 fully saturated rings. The molecule has 0 aromatic heterocycles. The molecule has 8 heteroatoms. The van der Waals surface area contributed by atoms with Crippen LogP contribution >= 0.6 is 0 Å². The number of carbonyl (C=O) groups excluding carboxylic acids is 1. The minimum Gasteiger partial charge on any atom is -0.480 e. The number of hydrogen-bond donors (Lipinski definition) is 2. The predicted octanol–water partition coefficient (Wildman–Crippen LogP) is 2.73. The van der Waals surface area contributed by atoms with Gasteiger partial charge in [-0.15, -0.1) is 0 Å². The topological polar surface area (TPSA) is 104 Å². The molecular formula is C19H22N2O5S. The van der Waals surface area contributed by atoms with E-state index in [2.05, 4.69) is 4.72 Å². The van der Waals surface area contributed by atoms with Crippen LogP contribution in [0.1, 0.15) is 29.8 Å². The van der Waals surface area contributed by atoms with Gasteiger partial charge in [0.05, 0.1) is 4.90 Å². The second-order valence-corrected chi connectivity index (χ2v) is 8.41. The normalized spacial score (nSPS) is 11.7. The molecule has 0 unspecified atom stereocenters. The zero-order valence-corrected chi connectivity index (χ0v) is 16.4. The molecule has 0 saturated heterocycles. The van der Waals surface area contributed by atoms with Gasteiger partial charge < -0.3 is 10.0 Å². The minimum absolute atomic E-state index is 0.0824. The lowest BCUT2D eigenvalue weighted by Gasteiger charge is -2.31. The Morgan fingerprint density at radius 2 is 1.70 bits per heavy atom. The number of carboxylic acid groups (broad SMARTS) is 1. The quantitative estimate of drug-likeness (QED) is 0.789. The Balaban J connectivity index is 2.34. The fraction of sp³-hybridized carbons (Fsp3) is 0.263. The molecule has 0 aliphatic rings. The first-order valence-electron chi connectivity index (χ1n) is 8.16. The largest absolute Gasteiger partial charge is 0.480 e. The molecule has 0 radical (unpaired) electrons. The highest BCUT2D eigenvalue weighted by Crippen LogP contribution is 2.21. The van der Waals surface area contributed by atoms with E-state index in [-0.39, 0.29) is 10.5 Å². The average molecular weight is 390 g/mol. The molecule has 2 aromatic carbocycles. The number of amides is 1. The van der Waals surface area contributed by atoms with Crippen LogP contribution in [-0.2, 0) is 14.8 Å². The van der Waals surface area contributed by atoms with Crippen LogP contribution in [-0.4, -0.2) is 42.9 Å². The molecule has 0 aliphatic carbocycles. The van der Waals surface area contributed by atoms with Crippen molar-refractivity contribution in [3.8, 4) is 0 Å². The highest BCUT2D eigenvalue weighted by Gasteiger charge is 2.35. The monoisotopic (exact) mass is 390 g/mol. The number of aliphatic carboxylic acids is 1. The Morgan fingerprint density at radius 1 is 1.07 bits per heavy atom. The molecule has 1 amide bonds. The average Bonchev–Trinajstić information content (AvgIpc) is 2.60. The van der Waals surface area contributed by atoms with E-state index < -0.39 is 27.4 Å². The van der Waals surface area contributed by atoms with Gasteiger partial charge in [-0.2, -0.15) is 0 Å². The van der Waals surface area contributed by atoms with Crippen molar-refractivity contribution in [2.24, 2.45) is 0 Å². The Morgan fingerprint density at radius 3 is 2.30 bits per heavy atom. The molecule has 7 nitrogen and oxygen atoms in total. The van der Waals surface area contributed by atoms with E-state index >= 15 is 0 Å². The molecule has 2 rings (SSSR count). The van der Waals surface area contributed by atoms with Crippen molar-refractivity contribution < 1.29 is 23.1 Å². The second-order valence-electron chi connectivity index (χ2n) is 6.73. The zero-order valence-electron chi connectivity index (χ0n) is 15.6. The van der Waals surface area contributed by atoms with Crippen LogP contribution in [0, 0.1) is 6.92 Å². The molecule has 0 bridgehead atoms. The number of benzene rings is 2. The summed E-state index contributed by atoms with van der Waals surface area (Å²) in [5.41, 5.74) is -0.0438. The van der Waals surface area contributed by atoms with Crippen LogP contribution in [0.15, 0.2) is 53.4 Å². The Hall–Kier alpha value is -2.87. The zero-order chi connectivity index (χ0) is 20.4. The van der Waals surface area contributed by atoms with Crippen molar-refractivity contribution in [1.29, 1.82) is 0 Å². The highest BCUT2D eigenvalue weighted by molar-refractivity contribution is 7.92. The first-order valence-corrected chi connectivity index (χ1v) is 9.64. The van der Waals surface area contributed by atoms with Crippen LogP contribution in [0.2, 0.25) is 0 Å². The third-order valence-corrected chi connectivity index (χ3v) is 5.71. The molecule has 2 N–H and O–H groups in total. The summed E-state index contributed by atoms with van der Waals surface area (Å²) in [6, 6.07) is 12.4. The summed E-state index contributed by atoms with van der Waals surface area (Å²) in [5, 5.41) is 9.28. The fourth-order valence-corrected chi connectivity index (χ4v) is 3.40. The van der Waals surface area contributed by atoms with Crippen molar-refractivity contribution in [3.63, 3.8) is 0 Å². The second kappa shape index (κ2) is 7.40. The molecular weight excluding hydrogens is 368 g/mol. The van der Waals surface area contributed by atoms with Crippen molar-refractivity contribution in [2.45, 2.75) is 31.2 Å². The highest BCUT2D eigenvalue weighted by atomic mass is 32.2. The van der Waals surface area contributed by atoms with Gasteiger partial charge in [0.15, 0.2) is 0 Å². The number of carboxylic acids is 1. The summed E-state index contributed by atoms with van der Waals surface area (Å²) in [6.45, 7) is 4.64. The van der Waals surface area contributed by atoms with Crippen LogP contribution in [0.25, 0.3) is 0 Å². The Labute approximate surface area is 158 Å². The Kier molecular flexibility index (Phi) is 5.60. The van der Waals surface area contributed by atoms with Gasteiger partial charge in [0, 0.05) is 18.3 Å². The Bertz CT molecular complexity index is 983. The maximum absolute atomic E-state index is 12.6. The van der Waals surface area contributed by atoms with Crippen LogP contribution < -0.4 is 4.72 Å². The first-order chi connectivity index (χ1) is 12.4. The summed E-state index contributed by atoms with van der Waals surface area (Å²) in [7, 11) is -2.54. The van der Waals surface area contributed by atoms with E-state index in [4.69, 9.17) is 0 Å². The van der Waals surface area contributed by atoms with E-state index in [1.54, 1.807) is 18.2 Å². The van der Waals surface area contributed by atoms with Gasteiger partial charge in [-0.1, -0.05) is 18.2 Å². The van der Waals surface area contributed by atoms with Crippen molar-refractivity contribution >= 4 is 27.6 Å². The van der Waals surface area contributed by atoms with Crippen LogP contribution in [0.5, 0.6) is 0 Å². The van der Waals surface area contributed by atoms with Crippen molar-refractivity contribution in [1.82, 2.24) is 4.90 Å². The summed E-state index contributed by atoms with van der Waals surface area (Å²) in [5.74, 6) is -1.75. The number of likely N-dealkylation sites (N-methyl/N-ethyl adjacent to an activating group) is 1. The number of nitrogens with zero attached hydrogens (tertiary/aromatic N) is 1. The van der Waals surface area contributed by atoms with Gasteiger partial charge in [-0.25, -0.2) is 13.2 Å². The number of hydrogen-bond acceptors (Lipinski definition) is 4. The fourth-order valence-electron chi connectivity index (χ4n) is 2.31. The maximum atomic E-state index is 12.6. The van der Waals surface area contributed by atoms with Gasteiger partial charge >= 0.3 is 5.97 Å². The molecule has 0 atom stereocenters. The van der Waals surface area contributed by atoms with Gasteiger partial charge in [0.25, 0.3) is 15.9 Å². The van der Waals surface area contributed by atoms with Crippen molar-refractivity contribution in [2.75, 3.05) is 11.8 Å². The number of rotatable bonds is 6.